The number of aromatic nitrogens is 1. The van der Waals surface area contributed by atoms with Crippen molar-refractivity contribution >= 4 is 23.8 Å². The summed E-state index contributed by atoms with van der Waals surface area (Å²) in [4.78, 5) is 29.7. The Balaban J connectivity index is 1.14. The highest BCUT2D eigenvalue weighted by atomic mass is 32.2. The Morgan fingerprint density at radius 3 is 2.33 bits per heavy atom. The van der Waals surface area contributed by atoms with Crippen LogP contribution in [0.2, 0.25) is 0 Å². The minimum absolute atomic E-state index is 0.0112. The molecule has 1 aliphatic rings. The van der Waals surface area contributed by atoms with Gasteiger partial charge in [0.05, 0.1) is 31.0 Å². The quantitative estimate of drug-likeness (QED) is 0.0874. The van der Waals surface area contributed by atoms with E-state index in [9.17, 15) is 14.7 Å². The van der Waals surface area contributed by atoms with Gasteiger partial charge in [-0.05, 0) is 57.6 Å². The molecule has 4 atom stereocenters. The standard InChI is InChI=1S/C41H41N3O6S/c1-48-39(46)36(22-28-9-3-2-4-10-28)44-41(47)43-25-30-11-7-12-32(21-30)33-13-8-14-34(23-33)40-49-35(27-51-38-15-5-6-20-42-38)24-37(50-40)31-18-16-29(26-45)17-19-31/h2-21,23,35-37,40,45H,22,24-27H2,1H3,(H2,43,44,47). The second kappa shape index (κ2) is 17.8. The molecule has 262 valence electrons. The van der Waals surface area contributed by atoms with Crippen molar-refractivity contribution in [1.29, 1.82) is 0 Å². The number of aliphatic hydroxyl groups excluding tert-OH is 1. The number of nitrogens with one attached hydrogen (secondary N) is 2. The molecule has 0 aliphatic carbocycles. The number of esters is 1. The average molecular weight is 704 g/mol. The highest BCUT2D eigenvalue weighted by Crippen LogP contribution is 2.40. The highest BCUT2D eigenvalue weighted by Gasteiger charge is 2.32. The van der Waals surface area contributed by atoms with Crippen molar-refractivity contribution in [3.8, 4) is 11.1 Å². The molecule has 4 aromatic carbocycles. The summed E-state index contributed by atoms with van der Waals surface area (Å²) < 4.78 is 18.1. The van der Waals surface area contributed by atoms with E-state index in [2.05, 4.69) is 21.7 Å². The summed E-state index contributed by atoms with van der Waals surface area (Å²) in [6, 6.07) is 38.0. The molecule has 0 radical (unpaired) electrons. The van der Waals surface area contributed by atoms with Gasteiger partial charge in [-0.25, -0.2) is 14.6 Å². The molecule has 51 heavy (non-hydrogen) atoms. The number of hydrogen-bond donors (Lipinski definition) is 3. The van der Waals surface area contributed by atoms with E-state index in [1.54, 1.807) is 18.0 Å². The Morgan fingerprint density at radius 2 is 1.59 bits per heavy atom. The summed E-state index contributed by atoms with van der Waals surface area (Å²) in [5.74, 6) is 0.211. The van der Waals surface area contributed by atoms with E-state index < -0.39 is 24.3 Å². The summed E-state index contributed by atoms with van der Waals surface area (Å²) in [5.41, 5.74) is 6.55. The molecule has 1 aliphatic heterocycles. The number of amides is 2. The number of benzene rings is 4. The van der Waals surface area contributed by atoms with Crippen molar-refractivity contribution in [2.75, 3.05) is 12.9 Å². The number of ether oxygens (including phenoxy) is 3. The van der Waals surface area contributed by atoms with E-state index >= 15 is 0 Å². The van der Waals surface area contributed by atoms with Crippen LogP contribution in [0.5, 0.6) is 0 Å². The number of carbonyl (C=O) groups excluding carboxylic acids is 2. The Morgan fingerprint density at radius 1 is 0.843 bits per heavy atom. The Bertz CT molecular complexity index is 1880. The fourth-order valence-corrected chi connectivity index (χ4v) is 6.82. The van der Waals surface area contributed by atoms with Gasteiger partial charge in [0.25, 0.3) is 0 Å². The zero-order valence-corrected chi connectivity index (χ0v) is 29.1. The van der Waals surface area contributed by atoms with Crippen molar-refractivity contribution in [3.05, 3.63) is 155 Å². The van der Waals surface area contributed by atoms with Gasteiger partial charge in [-0.3, -0.25) is 0 Å². The molecule has 10 heteroatoms. The van der Waals surface area contributed by atoms with Gasteiger partial charge < -0.3 is 30.0 Å². The first-order valence-corrected chi connectivity index (χ1v) is 17.9. The molecule has 6 rings (SSSR count). The SMILES string of the molecule is COC(=O)C(Cc1ccccc1)NC(=O)NCc1cccc(-c2cccc(C3OC(CSc4ccccn4)CC(c4ccc(CO)cc4)O3)c2)c1. The second-order valence-electron chi connectivity index (χ2n) is 12.2. The number of urea groups is 1. The van der Waals surface area contributed by atoms with Crippen LogP contribution in [0.4, 0.5) is 4.79 Å². The number of pyridine rings is 1. The van der Waals surface area contributed by atoms with Crippen LogP contribution >= 0.6 is 11.8 Å². The third-order valence-electron chi connectivity index (χ3n) is 8.62. The summed E-state index contributed by atoms with van der Waals surface area (Å²) in [6.45, 7) is 0.253. The number of thioether (sulfide) groups is 1. The van der Waals surface area contributed by atoms with Crippen molar-refractivity contribution in [2.45, 2.75) is 55.6 Å². The largest absolute Gasteiger partial charge is 0.467 e. The van der Waals surface area contributed by atoms with Crippen LogP contribution in [0.25, 0.3) is 11.1 Å². The van der Waals surface area contributed by atoms with E-state index in [1.165, 1.54) is 7.11 Å². The maximum atomic E-state index is 12.9. The van der Waals surface area contributed by atoms with Gasteiger partial charge in [0.1, 0.15) is 6.04 Å². The van der Waals surface area contributed by atoms with Gasteiger partial charge in [-0.2, -0.15) is 0 Å². The molecule has 1 saturated heterocycles. The zero-order valence-electron chi connectivity index (χ0n) is 28.3. The number of nitrogens with zero attached hydrogens (tertiary/aromatic N) is 1. The zero-order chi connectivity index (χ0) is 35.4. The van der Waals surface area contributed by atoms with Crippen LogP contribution in [0.1, 0.15) is 46.6 Å². The monoisotopic (exact) mass is 703 g/mol. The summed E-state index contributed by atoms with van der Waals surface area (Å²) in [7, 11) is 1.31. The van der Waals surface area contributed by atoms with Crippen molar-refractivity contribution in [1.82, 2.24) is 15.6 Å². The molecule has 4 unspecified atom stereocenters. The van der Waals surface area contributed by atoms with Crippen LogP contribution < -0.4 is 10.6 Å². The molecule has 0 spiro atoms. The fourth-order valence-electron chi connectivity index (χ4n) is 5.94. The third-order valence-corrected chi connectivity index (χ3v) is 9.69. The van der Waals surface area contributed by atoms with Crippen LogP contribution in [0, 0.1) is 0 Å². The van der Waals surface area contributed by atoms with Gasteiger partial charge in [-0.1, -0.05) is 97.1 Å². The normalized spacial score (nSPS) is 17.6. The van der Waals surface area contributed by atoms with Gasteiger partial charge in [0, 0.05) is 36.9 Å². The maximum Gasteiger partial charge on any atom is 0.328 e. The first-order chi connectivity index (χ1) is 25.0. The van der Waals surface area contributed by atoms with E-state index in [0.29, 0.717) is 12.8 Å². The van der Waals surface area contributed by atoms with Crippen molar-refractivity contribution < 1.29 is 28.9 Å². The van der Waals surface area contributed by atoms with Gasteiger partial charge in [0.2, 0.25) is 0 Å². The van der Waals surface area contributed by atoms with Crippen LogP contribution in [-0.2, 0) is 38.6 Å². The lowest BCUT2D eigenvalue weighted by atomic mass is 9.99. The van der Waals surface area contributed by atoms with Crippen molar-refractivity contribution in [2.24, 2.45) is 0 Å². The van der Waals surface area contributed by atoms with E-state index in [4.69, 9.17) is 14.2 Å². The molecule has 2 heterocycles. The number of carbonyl (C=O) groups is 2. The van der Waals surface area contributed by atoms with Crippen LogP contribution in [0.15, 0.2) is 133 Å². The Kier molecular flexibility index (Phi) is 12.5. The number of rotatable bonds is 13. The van der Waals surface area contributed by atoms with E-state index in [1.807, 2.05) is 115 Å². The molecule has 9 nitrogen and oxygen atoms in total. The molecular formula is C41H41N3O6S. The van der Waals surface area contributed by atoms with Crippen LogP contribution in [-0.4, -0.2) is 47.1 Å². The predicted octanol–water partition coefficient (Wildman–Crippen LogP) is 7.16. The lowest BCUT2D eigenvalue weighted by Gasteiger charge is -2.36. The fraction of sp³-hybridized carbons (Fsp3) is 0.244. The lowest BCUT2D eigenvalue weighted by Crippen LogP contribution is -2.47. The smallest absolute Gasteiger partial charge is 0.328 e. The molecule has 3 N–H and O–H groups in total. The van der Waals surface area contributed by atoms with E-state index in [-0.39, 0.29) is 25.4 Å². The predicted molar refractivity (Wildman–Crippen MR) is 197 cm³/mol. The van der Waals surface area contributed by atoms with Gasteiger partial charge >= 0.3 is 12.0 Å². The molecule has 0 bridgehead atoms. The van der Waals surface area contributed by atoms with E-state index in [0.717, 1.165) is 49.7 Å². The maximum absolute atomic E-state index is 12.9. The average Bonchev–Trinajstić information content (AvgIpc) is 3.19. The summed E-state index contributed by atoms with van der Waals surface area (Å²) in [5, 5.41) is 16.1. The summed E-state index contributed by atoms with van der Waals surface area (Å²) >= 11 is 1.66. The minimum atomic E-state index is -0.816. The van der Waals surface area contributed by atoms with Crippen LogP contribution in [0.3, 0.4) is 0 Å². The van der Waals surface area contributed by atoms with Gasteiger partial charge in [-0.15, -0.1) is 11.8 Å². The number of methoxy groups -OCH3 is 1. The molecular weight excluding hydrogens is 663 g/mol. The third kappa shape index (κ3) is 10.0. The van der Waals surface area contributed by atoms with Crippen molar-refractivity contribution in [3.63, 3.8) is 0 Å². The molecule has 1 fully saturated rings. The molecule has 1 aromatic heterocycles. The first kappa shape index (κ1) is 35.8. The topological polar surface area (TPSA) is 119 Å². The Labute approximate surface area is 302 Å². The van der Waals surface area contributed by atoms with Gasteiger partial charge in [0.15, 0.2) is 6.29 Å². The number of aliphatic hydroxyl groups is 1. The Hall–Kier alpha value is -5.00. The molecule has 0 saturated carbocycles. The lowest BCUT2D eigenvalue weighted by molar-refractivity contribution is -0.245. The first-order valence-electron chi connectivity index (χ1n) is 16.9. The minimum Gasteiger partial charge on any atom is -0.467 e. The molecule has 5 aromatic rings. The second-order valence-corrected chi connectivity index (χ2v) is 13.3. The highest BCUT2D eigenvalue weighted by molar-refractivity contribution is 7.99. The number of hydrogen-bond acceptors (Lipinski definition) is 8. The summed E-state index contributed by atoms with van der Waals surface area (Å²) in [6.07, 6.45) is 1.92. The molecule has 2 amide bonds.